The zero-order valence-electron chi connectivity index (χ0n) is 13.0. The molecule has 0 saturated carbocycles. The van der Waals surface area contributed by atoms with Crippen molar-refractivity contribution in [1.29, 1.82) is 0 Å². The monoisotopic (exact) mass is 317 g/mol. The number of carbonyl (C=O) groups is 2. The smallest absolute Gasteiger partial charge is 0.227 e. The predicted octanol–water partition coefficient (Wildman–Crippen LogP) is 1.27. The Labute approximate surface area is 133 Å². The fourth-order valence-corrected chi connectivity index (χ4v) is 3.10. The molecule has 1 N–H and O–H groups in total. The Morgan fingerprint density at radius 3 is 2.62 bits per heavy atom. The Bertz CT molecular complexity index is 344. The first kappa shape index (κ1) is 18.2. The van der Waals surface area contributed by atoms with Gasteiger partial charge in [-0.25, -0.2) is 0 Å². The number of nitrogens with zero attached hydrogens (tertiary/aromatic N) is 2. The van der Waals surface area contributed by atoms with Gasteiger partial charge in [-0.1, -0.05) is 6.92 Å². The molecule has 5 nitrogen and oxygen atoms in total. The molecule has 0 aliphatic carbocycles. The molecule has 2 rings (SSSR count). The van der Waals surface area contributed by atoms with Crippen molar-refractivity contribution < 1.29 is 9.59 Å². The van der Waals surface area contributed by atoms with Crippen LogP contribution in [0.15, 0.2) is 0 Å². The van der Waals surface area contributed by atoms with Crippen LogP contribution in [0.25, 0.3) is 0 Å². The normalized spacial score (nSPS) is 23.2. The summed E-state index contributed by atoms with van der Waals surface area (Å²) in [6, 6.07) is 0. The van der Waals surface area contributed by atoms with Gasteiger partial charge in [0.15, 0.2) is 0 Å². The van der Waals surface area contributed by atoms with Crippen LogP contribution in [0.5, 0.6) is 0 Å². The molecule has 21 heavy (non-hydrogen) atoms. The van der Waals surface area contributed by atoms with Crippen molar-refractivity contribution in [3.8, 4) is 0 Å². The average molecular weight is 318 g/mol. The van der Waals surface area contributed by atoms with E-state index < -0.39 is 0 Å². The first-order valence-electron chi connectivity index (χ1n) is 7.99. The van der Waals surface area contributed by atoms with Crippen LogP contribution in [0.2, 0.25) is 0 Å². The van der Waals surface area contributed by atoms with E-state index in [-0.39, 0.29) is 30.1 Å². The predicted molar refractivity (Wildman–Crippen MR) is 85.5 cm³/mol. The number of rotatable bonds is 3. The van der Waals surface area contributed by atoms with E-state index in [9.17, 15) is 9.59 Å². The minimum Gasteiger partial charge on any atom is -0.342 e. The summed E-state index contributed by atoms with van der Waals surface area (Å²) in [6.07, 6.45) is 4.40. The molecule has 6 heteroatoms. The van der Waals surface area contributed by atoms with Gasteiger partial charge in [0, 0.05) is 39.1 Å². The van der Waals surface area contributed by atoms with Crippen LogP contribution in [-0.2, 0) is 9.59 Å². The molecule has 2 heterocycles. The van der Waals surface area contributed by atoms with Gasteiger partial charge in [-0.2, -0.15) is 0 Å². The van der Waals surface area contributed by atoms with Crippen LogP contribution in [0.1, 0.15) is 39.0 Å². The number of carbonyl (C=O) groups excluding carboxylic acids is 2. The topological polar surface area (TPSA) is 52.7 Å². The van der Waals surface area contributed by atoms with Gasteiger partial charge in [0.2, 0.25) is 11.8 Å². The van der Waals surface area contributed by atoms with Crippen LogP contribution >= 0.6 is 12.4 Å². The minimum absolute atomic E-state index is 0. The van der Waals surface area contributed by atoms with E-state index in [0.717, 1.165) is 58.4 Å². The van der Waals surface area contributed by atoms with Gasteiger partial charge in [-0.3, -0.25) is 9.59 Å². The summed E-state index contributed by atoms with van der Waals surface area (Å²) >= 11 is 0. The number of hydrogen-bond acceptors (Lipinski definition) is 3. The number of nitrogens with one attached hydrogen (secondary N) is 1. The molecule has 2 aliphatic heterocycles. The molecular weight excluding hydrogens is 290 g/mol. The third kappa shape index (κ3) is 5.15. The number of likely N-dealkylation sites (tertiary alicyclic amines) is 1. The Kier molecular flexibility index (Phi) is 8.04. The SMILES string of the molecule is CCCC(=O)N1CCCC(C(=O)N2CCCNCC2)C1.Cl. The molecule has 0 aromatic rings. The maximum atomic E-state index is 12.6. The van der Waals surface area contributed by atoms with Crippen molar-refractivity contribution in [3.05, 3.63) is 0 Å². The van der Waals surface area contributed by atoms with Gasteiger partial charge in [0.25, 0.3) is 0 Å². The number of halogens is 1. The van der Waals surface area contributed by atoms with Gasteiger partial charge in [0.05, 0.1) is 5.92 Å². The third-order valence-corrected chi connectivity index (χ3v) is 4.24. The highest BCUT2D eigenvalue weighted by Crippen LogP contribution is 2.20. The van der Waals surface area contributed by atoms with Crippen LogP contribution < -0.4 is 5.32 Å². The highest BCUT2D eigenvalue weighted by molar-refractivity contribution is 5.85. The summed E-state index contributed by atoms with van der Waals surface area (Å²) in [7, 11) is 0. The molecule has 0 aromatic heterocycles. The highest BCUT2D eigenvalue weighted by Gasteiger charge is 2.30. The largest absolute Gasteiger partial charge is 0.342 e. The number of hydrogen-bond donors (Lipinski definition) is 1. The van der Waals surface area contributed by atoms with E-state index in [0.29, 0.717) is 13.0 Å². The summed E-state index contributed by atoms with van der Waals surface area (Å²) in [5.41, 5.74) is 0. The second kappa shape index (κ2) is 9.26. The zero-order valence-corrected chi connectivity index (χ0v) is 13.8. The lowest BCUT2D eigenvalue weighted by atomic mass is 9.96. The maximum Gasteiger partial charge on any atom is 0.227 e. The quantitative estimate of drug-likeness (QED) is 0.853. The lowest BCUT2D eigenvalue weighted by molar-refractivity contribution is -0.140. The lowest BCUT2D eigenvalue weighted by Gasteiger charge is -2.34. The molecule has 0 aromatic carbocycles. The standard InChI is InChI=1S/C15H27N3O2.ClH/c1-2-5-14(19)18-9-3-6-13(12-18)15(20)17-10-4-7-16-8-11-17;/h13,16H,2-12H2,1H3;1H. The van der Waals surface area contributed by atoms with Crippen molar-refractivity contribution in [2.24, 2.45) is 5.92 Å². The maximum absolute atomic E-state index is 12.6. The van der Waals surface area contributed by atoms with Crippen molar-refractivity contribution >= 4 is 24.2 Å². The van der Waals surface area contributed by atoms with Crippen LogP contribution in [0, 0.1) is 5.92 Å². The van der Waals surface area contributed by atoms with Gasteiger partial charge in [-0.15, -0.1) is 12.4 Å². The lowest BCUT2D eigenvalue weighted by Crippen LogP contribution is -2.47. The van der Waals surface area contributed by atoms with E-state index in [2.05, 4.69) is 5.32 Å². The second-order valence-corrected chi connectivity index (χ2v) is 5.86. The van der Waals surface area contributed by atoms with E-state index >= 15 is 0 Å². The summed E-state index contributed by atoms with van der Waals surface area (Å²) in [6.45, 7) is 7.01. The zero-order chi connectivity index (χ0) is 14.4. The Balaban J connectivity index is 0.00000220. The fraction of sp³-hybridized carbons (Fsp3) is 0.867. The van der Waals surface area contributed by atoms with Crippen molar-refractivity contribution in [1.82, 2.24) is 15.1 Å². The Hall–Kier alpha value is -0.810. The second-order valence-electron chi connectivity index (χ2n) is 5.86. The van der Waals surface area contributed by atoms with Gasteiger partial charge in [-0.05, 0) is 32.2 Å². The average Bonchev–Trinajstić information content (AvgIpc) is 2.76. The first-order chi connectivity index (χ1) is 9.72. The fourth-order valence-electron chi connectivity index (χ4n) is 3.10. The van der Waals surface area contributed by atoms with Gasteiger partial charge in [0.1, 0.15) is 0 Å². The van der Waals surface area contributed by atoms with Crippen LogP contribution in [-0.4, -0.2) is 60.9 Å². The molecule has 0 radical (unpaired) electrons. The summed E-state index contributed by atoms with van der Waals surface area (Å²) in [5.74, 6) is 0.480. The number of amides is 2. The van der Waals surface area contributed by atoms with E-state index in [1.54, 1.807) is 0 Å². The van der Waals surface area contributed by atoms with Crippen molar-refractivity contribution in [2.75, 3.05) is 39.3 Å². The van der Waals surface area contributed by atoms with Crippen LogP contribution in [0.3, 0.4) is 0 Å². The molecule has 122 valence electrons. The van der Waals surface area contributed by atoms with Crippen LogP contribution in [0.4, 0.5) is 0 Å². The van der Waals surface area contributed by atoms with E-state index in [4.69, 9.17) is 0 Å². The first-order valence-corrected chi connectivity index (χ1v) is 7.99. The molecule has 0 bridgehead atoms. The molecule has 0 spiro atoms. The van der Waals surface area contributed by atoms with Crippen molar-refractivity contribution in [3.63, 3.8) is 0 Å². The van der Waals surface area contributed by atoms with E-state index in [1.165, 1.54) is 0 Å². The Morgan fingerprint density at radius 1 is 1.10 bits per heavy atom. The number of piperidine rings is 1. The van der Waals surface area contributed by atoms with Gasteiger partial charge >= 0.3 is 0 Å². The molecule has 2 fully saturated rings. The minimum atomic E-state index is 0. The molecule has 2 amide bonds. The summed E-state index contributed by atoms with van der Waals surface area (Å²) in [4.78, 5) is 28.5. The molecule has 2 saturated heterocycles. The molecule has 1 unspecified atom stereocenters. The summed E-state index contributed by atoms with van der Waals surface area (Å²) < 4.78 is 0. The molecule has 1 atom stereocenters. The van der Waals surface area contributed by atoms with E-state index in [1.807, 2.05) is 16.7 Å². The molecular formula is C15H28ClN3O2. The molecule has 2 aliphatic rings. The van der Waals surface area contributed by atoms with Gasteiger partial charge < -0.3 is 15.1 Å². The summed E-state index contributed by atoms with van der Waals surface area (Å²) in [5, 5.41) is 3.32. The van der Waals surface area contributed by atoms with Crippen molar-refractivity contribution in [2.45, 2.75) is 39.0 Å². The Morgan fingerprint density at radius 2 is 1.86 bits per heavy atom. The highest BCUT2D eigenvalue weighted by atomic mass is 35.5. The third-order valence-electron chi connectivity index (χ3n) is 4.24.